The number of aromatic amines is 2. The number of pyridine rings is 1. The Bertz CT molecular complexity index is 1350. The second-order valence-electron chi connectivity index (χ2n) is 8.65. The average molecular weight is 550 g/mol. The SMILES string of the molecule is Nc1c(-c2nc3cc4c(cc3[nH]2)CCN(C2CC(O)C2)CC4)c(=O)[nH]c2ccsc12.[O-][Br+2]([O-])O. The van der Waals surface area contributed by atoms with Crippen LogP contribution in [0.1, 0.15) is 24.0 Å². The summed E-state index contributed by atoms with van der Waals surface area (Å²) >= 11 is -1.88. The van der Waals surface area contributed by atoms with Gasteiger partial charge in [-0.2, -0.15) is 0 Å². The number of benzene rings is 1. The molecule has 1 aliphatic carbocycles. The highest BCUT2D eigenvalue weighted by Crippen LogP contribution is 2.33. The molecule has 1 saturated carbocycles. The molecule has 6 N–H and O–H groups in total. The van der Waals surface area contributed by atoms with Crippen LogP contribution in [0.25, 0.3) is 32.6 Å². The number of halogens is 1. The third-order valence-corrected chi connectivity index (χ3v) is 7.58. The van der Waals surface area contributed by atoms with Crippen LogP contribution in [0.5, 0.6) is 0 Å². The minimum atomic E-state index is -3.40. The van der Waals surface area contributed by atoms with Crippen molar-refractivity contribution in [1.29, 1.82) is 0 Å². The maximum atomic E-state index is 12.7. The maximum absolute atomic E-state index is 12.7. The molecule has 4 heterocycles. The number of anilines is 1. The molecule has 6 rings (SSSR count). The van der Waals surface area contributed by atoms with Gasteiger partial charge in [0.25, 0.3) is 5.56 Å². The molecule has 12 heteroatoms. The van der Waals surface area contributed by atoms with Gasteiger partial charge >= 0.3 is 14.8 Å². The first-order valence-corrected chi connectivity index (χ1v) is 13.8. The van der Waals surface area contributed by atoms with Crippen LogP contribution < -0.4 is 19.7 Å². The molecule has 0 atom stereocenters. The van der Waals surface area contributed by atoms with Gasteiger partial charge in [0.05, 0.1) is 33.0 Å². The van der Waals surface area contributed by atoms with E-state index >= 15 is 0 Å². The third kappa shape index (κ3) is 4.50. The zero-order valence-corrected chi connectivity index (χ0v) is 20.5. The van der Waals surface area contributed by atoms with Gasteiger partial charge in [0, 0.05) is 19.1 Å². The molecule has 3 aromatic heterocycles. The van der Waals surface area contributed by atoms with Crippen LogP contribution in [0, 0.1) is 14.8 Å². The number of nitrogens with one attached hydrogen (secondary N) is 2. The van der Waals surface area contributed by atoms with Gasteiger partial charge in [-0.25, -0.2) is 4.98 Å². The molecule has 0 unspecified atom stereocenters. The monoisotopic (exact) mass is 549 g/mol. The normalized spacial score (nSPS) is 20.6. The van der Waals surface area contributed by atoms with Crippen molar-refractivity contribution in [2.24, 2.45) is 0 Å². The smallest absolute Gasteiger partial charge is 0.397 e. The molecular formula is C22H24BrN5O5S. The van der Waals surface area contributed by atoms with Gasteiger partial charge in [-0.3, -0.25) is 9.69 Å². The highest BCUT2D eigenvalue weighted by atomic mass is 80.0. The molecule has 10 nitrogen and oxygen atoms in total. The van der Waals surface area contributed by atoms with Gasteiger partial charge in [0.1, 0.15) is 11.4 Å². The summed E-state index contributed by atoms with van der Waals surface area (Å²) in [6, 6.07) is 6.71. The standard InChI is InChI=1S/C22H23N5O2S.BrHO3/c23-19-18(22(29)26-15-3-6-30-20(15)19)21-24-16-7-11-1-4-27(13-9-14(28)10-13)5-2-12(11)8-17(16)25-21;2-1(3)4/h3,6-8,13-14,28H,1-2,4-5,9-10H2,(H,24,25)(H3,23,26,29);2H. The number of nitrogens with zero attached hydrogens (tertiary/aromatic N) is 2. The van der Waals surface area contributed by atoms with Crippen molar-refractivity contribution in [3.8, 4) is 11.4 Å². The molecule has 0 spiro atoms. The summed E-state index contributed by atoms with van der Waals surface area (Å²) in [6.45, 7) is 2.02. The van der Waals surface area contributed by atoms with E-state index in [2.05, 4.69) is 27.0 Å². The fourth-order valence-corrected chi connectivity index (χ4v) is 5.68. The number of thiophene rings is 1. The van der Waals surface area contributed by atoms with Gasteiger partial charge < -0.3 is 29.2 Å². The summed E-state index contributed by atoms with van der Waals surface area (Å²) in [7, 11) is 0. The Balaban J connectivity index is 0.000000560. The van der Waals surface area contributed by atoms with E-state index < -0.39 is 14.8 Å². The number of nitrogen functional groups attached to an aromatic ring is 1. The van der Waals surface area contributed by atoms with Gasteiger partial charge in [-0.1, -0.05) is 0 Å². The van der Waals surface area contributed by atoms with E-state index in [0.29, 0.717) is 23.1 Å². The molecule has 1 aliphatic heterocycles. The Morgan fingerprint density at radius 1 is 1.15 bits per heavy atom. The fourth-order valence-electron chi connectivity index (χ4n) is 4.86. The fraction of sp³-hybridized carbons (Fsp3) is 0.364. The largest absolute Gasteiger partial charge is 0.433 e. The Morgan fingerprint density at radius 2 is 1.82 bits per heavy atom. The van der Waals surface area contributed by atoms with E-state index in [-0.39, 0.29) is 11.7 Å². The molecule has 1 fully saturated rings. The number of hydrogen-bond donors (Lipinski definition) is 5. The Kier molecular flexibility index (Phi) is 6.46. The summed E-state index contributed by atoms with van der Waals surface area (Å²) in [6.07, 6.45) is 3.63. The maximum Gasteiger partial charge on any atom is 0.433 e. The lowest BCUT2D eigenvalue weighted by Crippen LogP contribution is -2.48. The van der Waals surface area contributed by atoms with Gasteiger partial charge in [0.15, 0.2) is 0 Å². The van der Waals surface area contributed by atoms with Crippen LogP contribution in [0.3, 0.4) is 0 Å². The van der Waals surface area contributed by atoms with Crippen molar-refractivity contribution >= 4 is 38.3 Å². The van der Waals surface area contributed by atoms with Crippen molar-refractivity contribution in [3.63, 3.8) is 0 Å². The first kappa shape index (κ1) is 23.4. The molecule has 0 radical (unpaired) electrons. The number of imidazole rings is 1. The quantitative estimate of drug-likeness (QED) is 0.226. The van der Waals surface area contributed by atoms with Gasteiger partial charge in [-0.05, 0) is 64.6 Å². The van der Waals surface area contributed by atoms with E-state index in [1.165, 1.54) is 22.5 Å². The number of aliphatic hydroxyl groups is 1. The minimum Gasteiger partial charge on any atom is -0.397 e. The average Bonchev–Trinajstić information content (AvgIpc) is 3.32. The summed E-state index contributed by atoms with van der Waals surface area (Å²) in [5.41, 5.74) is 12.2. The number of hydrogen-bond acceptors (Lipinski definition) is 9. The van der Waals surface area contributed by atoms with Crippen molar-refractivity contribution in [1.82, 2.24) is 19.9 Å². The lowest BCUT2D eigenvalue weighted by Gasteiger charge is -2.40. The second-order valence-corrected chi connectivity index (χ2v) is 10.4. The van der Waals surface area contributed by atoms with Gasteiger partial charge in [0.2, 0.25) is 0 Å². The molecular weight excluding hydrogens is 526 g/mol. The van der Waals surface area contributed by atoms with Crippen molar-refractivity contribution < 1.29 is 32.5 Å². The molecule has 0 amide bonds. The highest BCUT2D eigenvalue weighted by molar-refractivity contribution is 7.17. The van der Waals surface area contributed by atoms with E-state index in [1.807, 2.05) is 11.4 Å². The topological polar surface area (TPSA) is 177 Å². The Hall–Kier alpha value is -2.32. The number of aliphatic hydroxyl groups excluding tert-OH is 1. The summed E-state index contributed by atoms with van der Waals surface area (Å²) in [4.78, 5) is 26.1. The van der Waals surface area contributed by atoms with Crippen LogP contribution in [0.15, 0.2) is 28.4 Å². The summed E-state index contributed by atoms with van der Waals surface area (Å²) in [5.74, 6) is 0.518. The predicted octanol–water partition coefficient (Wildman–Crippen LogP) is -0.296. The van der Waals surface area contributed by atoms with E-state index in [9.17, 15) is 9.90 Å². The van der Waals surface area contributed by atoms with Crippen molar-refractivity contribution in [2.75, 3.05) is 18.8 Å². The van der Waals surface area contributed by atoms with E-state index in [0.717, 1.165) is 60.0 Å². The Labute approximate surface area is 203 Å². The zero-order valence-electron chi connectivity index (χ0n) is 18.1. The van der Waals surface area contributed by atoms with Crippen molar-refractivity contribution in [3.05, 3.63) is 45.1 Å². The molecule has 34 heavy (non-hydrogen) atoms. The van der Waals surface area contributed by atoms with Crippen LogP contribution in [0.2, 0.25) is 0 Å². The first-order valence-electron chi connectivity index (χ1n) is 10.9. The van der Waals surface area contributed by atoms with Crippen LogP contribution in [-0.4, -0.2) is 54.4 Å². The zero-order chi connectivity index (χ0) is 24.0. The number of fused-ring (bicyclic) bond motifs is 3. The minimum absolute atomic E-state index is 0.120. The number of nitrogens with two attached hydrogens (primary N) is 1. The molecule has 180 valence electrons. The molecule has 0 bridgehead atoms. The van der Waals surface area contributed by atoms with Crippen LogP contribution >= 0.6 is 11.3 Å². The number of aromatic nitrogens is 3. The lowest BCUT2D eigenvalue weighted by atomic mass is 9.88. The number of rotatable bonds is 2. The predicted molar refractivity (Wildman–Crippen MR) is 122 cm³/mol. The van der Waals surface area contributed by atoms with Crippen LogP contribution in [0.4, 0.5) is 5.69 Å². The summed E-state index contributed by atoms with van der Waals surface area (Å²) < 4.78 is 25.2. The summed E-state index contributed by atoms with van der Waals surface area (Å²) in [5, 5.41) is 11.5. The second kappa shape index (κ2) is 9.38. The molecule has 4 aromatic rings. The molecule has 0 saturated heterocycles. The lowest BCUT2D eigenvalue weighted by molar-refractivity contribution is -1.63. The van der Waals surface area contributed by atoms with Crippen LogP contribution in [-0.2, 0) is 12.8 Å². The van der Waals surface area contributed by atoms with Gasteiger partial charge in [-0.15, -0.1) is 11.3 Å². The Morgan fingerprint density at radius 3 is 2.50 bits per heavy atom. The number of H-pyrrole nitrogens is 2. The van der Waals surface area contributed by atoms with E-state index in [4.69, 9.17) is 23.3 Å². The molecule has 1 aromatic carbocycles. The molecule has 2 aliphatic rings. The third-order valence-electron chi connectivity index (χ3n) is 6.64. The first-order chi connectivity index (χ1) is 16.3. The highest BCUT2D eigenvalue weighted by Gasteiger charge is 2.33. The van der Waals surface area contributed by atoms with Crippen molar-refractivity contribution in [2.45, 2.75) is 37.8 Å². The van der Waals surface area contributed by atoms with E-state index in [1.54, 1.807) is 0 Å².